The summed E-state index contributed by atoms with van der Waals surface area (Å²) < 4.78 is 1.27. The highest BCUT2D eigenvalue weighted by Gasteiger charge is 2.26. The first-order valence-corrected chi connectivity index (χ1v) is 8.94. The Balaban J connectivity index is 2.14. The lowest BCUT2D eigenvalue weighted by molar-refractivity contribution is 0.368. The molecule has 26 heavy (non-hydrogen) atoms. The van der Waals surface area contributed by atoms with Crippen molar-refractivity contribution in [3.8, 4) is 11.9 Å². The molecule has 2 aromatic rings. The summed E-state index contributed by atoms with van der Waals surface area (Å²) in [5.41, 5.74) is 0.247. The van der Waals surface area contributed by atoms with E-state index in [2.05, 4.69) is 10.2 Å². The number of nitriles is 1. The number of hydrogen-bond acceptors (Lipinski definition) is 5. The van der Waals surface area contributed by atoms with Gasteiger partial charge in [0.15, 0.2) is 5.69 Å². The summed E-state index contributed by atoms with van der Waals surface area (Å²) in [6.07, 6.45) is 3.51. The van der Waals surface area contributed by atoms with Gasteiger partial charge in [-0.1, -0.05) is 36.0 Å². The first-order chi connectivity index (χ1) is 12.4. The lowest BCUT2D eigenvalue weighted by atomic mass is 10.1. The minimum Gasteiger partial charge on any atom is -0.493 e. The molecule has 0 aliphatic heterocycles. The van der Waals surface area contributed by atoms with Crippen LogP contribution in [-0.2, 0) is 0 Å². The van der Waals surface area contributed by atoms with E-state index in [0.717, 1.165) is 25.7 Å². The predicted octanol–water partition coefficient (Wildman–Crippen LogP) is 5.57. The lowest BCUT2D eigenvalue weighted by Gasteiger charge is -2.18. The molecular formula is C18H16Cl2N4O2. The first-order valence-electron chi connectivity index (χ1n) is 8.19. The molecule has 0 saturated heterocycles. The fraction of sp³-hybridized carbons (Fsp3) is 0.333. The van der Waals surface area contributed by atoms with Gasteiger partial charge in [-0.15, -0.1) is 10.2 Å². The predicted molar refractivity (Wildman–Crippen MR) is 100.0 cm³/mol. The van der Waals surface area contributed by atoms with Crippen molar-refractivity contribution in [2.45, 2.75) is 38.6 Å². The summed E-state index contributed by atoms with van der Waals surface area (Å²) in [6.45, 7) is 1.57. The Morgan fingerprint density at radius 3 is 2.58 bits per heavy atom. The van der Waals surface area contributed by atoms with Gasteiger partial charge in [-0.2, -0.15) is 5.26 Å². The van der Waals surface area contributed by atoms with E-state index in [4.69, 9.17) is 23.2 Å². The second-order valence-electron chi connectivity index (χ2n) is 6.19. The minimum absolute atomic E-state index is 0.0252. The molecule has 3 rings (SSSR count). The van der Waals surface area contributed by atoms with Crippen molar-refractivity contribution in [3.05, 3.63) is 49.7 Å². The van der Waals surface area contributed by atoms with E-state index in [1.54, 1.807) is 19.1 Å². The third-order valence-corrected chi connectivity index (χ3v) is 5.11. The molecular weight excluding hydrogens is 375 g/mol. The van der Waals surface area contributed by atoms with Crippen molar-refractivity contribution >= 4 is 34.6 Å². The molecule has 1 heterocycles. The maximum absolute atomic E-state index is 12.9. The van der Waals surface area contributed by atoms with Gasteiger partial charge in [0.05, 0.1) is 5.02 Å². The fourth-order valence-electron chi connectivity index (χ4n) is 3.20. The topological polar surface area (TPSA) is 90.7 Å². The zero-order valence-corrected chi connectivity index (χ0v) is 15.5. The van der Waals surface area contributed by atoms with Crippen molar-refractivity contribution in [1.29, 1.82) is 5.26 Å². The van der Waals surface area contributed by atoms with E-state index in [0.29, 0.717) is 15.7 Å². The van der Waals surface area contributed by atoms with E-state index in [1.807, 2.05) is 6.07 Å². The smallest absolute Gasteiger partial charge is 0.281 e. The van der Waals surface area contributed by atoms with Crippen LogP contribution in [0.25, 0.3) is 0 Å². The fourth-order valence-corrected chi connectivity index (χ4v) is 3.64. The van der Waals surface area contributed by atoms with E-state index in [-0.39, 0.29) is 28.7 Å². The van der Waals surface area contributed by atoms with Crippen LogP contribution in [0.4, 0.5) is 11.4 Å². The van der Waals surface area contributed by atoms with Crippen LogP contribution in [0.15, 0.2) is 33.2 Å². The monoisotopic (exact) mass is 390 g/mol. The highest BCUT2D eigenvalue weighted by atomic mass is 35.5. The second kappa shape index (κ2) is 7.48. The average Bonchev–Trinajstić information content (AvgIpc) is 3.11. The largest absolute Gasteiger partial charge is 0.493 e. The second-order valence-corrected chi connectivity index (χ2v) is 7.04. The molecule has 0 spiro atoms. The van der Waals surface area contributed by atoms with Crippen molar-refractivity contribution < 1.29 is 5.11 Å². The van der Waals surface area contributed by atoms with Crippen LogP contribution in [0.1, 0.15) is 42.9 Å². The molecule has 134 valence electrons. The van der Waals surface area contributed by atoms with Crippen LogP contribution in [-0.4, -0.2) is 9.67 Å². The van der Waals surface area contributed by atoms with Gasteiger partial charge in [-0.25, -0.2) is 0 Å². The maximum Gasteiger partial charge on any atom is 0.281 e. The number of azo groups is 1. The van der Waals surface area contributed by atoms with Gasteiger partial charge in [0.2, 0.25) is 5.88 Å². The normalized spacial score (nSPS) is 14.8. The van der Waals surface area contributed by atoms with Crippen LogP contribution < -0.4 is 5.56 Å². The Labute approximate surface area is 160 Å². The number of rotatable bonds is 3. The number of aromatic nitrogens is 1. The SMILES string of the molecule is Cc1c(C#N)c(O)n(C2CCCC2)c(=O)c1N=Nc1ccc(Cl)cc1Cl. The molecule has 0 unspecified atom stereocenters. The third-order valence-electron chi connectivity index (χ3n) is 4.57. The first kappa shape index (κ1) is 18.4. The number of halogens is 2. The Kier molecular flexibility index (Phi) is 5.30. The van der Waals surface area contributed by atoms with Gasteiger partial charge in [0.1, 0.15) is 17.3 Å². The quantitative estimate of drug-likeness (QED) is 0.694. The van der Waals surface area contributed by atoms with E-state index in [1.165, 1.54) is 10.6 Å². The van der Waals surface area contributed by atoms with Gasteiger partial charge in [0, 0.05) is 16.6 Å². The molecule has 0 amide bonds. The van der Waals surface area contributed by atoms with Crippen LogP contribution in [0.2, 0.25) is 10.0 Å². The number of aromatic hydroxyl groups is 1. The Morgan fingerprint density at radius 2 is 1.96 bits per heavy atom. The van der Waals surface area contributed by atoms with E-state index >= 15 is 0 Å². The summed E-state index contributed by atoms with van der Waals surface area (Å²) in [7, 11) is 0. The molecule has 0 bridgehead atoms. The van der Waals surface area contributed by atoms with Crippen LogP contribution >= 0.6 is 23.2 Å². The van der Waals surface area contributed by atoms with Gasteiger partial charge < -0.3 is 5.11 Å². The van der Waals surface area contributed by atoms with Gasteiger partial charge in [0.25, 0.3) is 5.56 Å². The lowest BCUT2D eigenvalue weighted by Crippen LogP contribution is -2.24. The van der Waals surface area contributed by atoms with Crippen molar-refractivity contribution in [3.63, 3.8) is 0 Å². The number of benzene rings is 1. The number of nitrogens with zero attached hydrogens (tertiary/aromatic N) is 4. The maximum atomic E-state index is 12.9. The summed E-state index contributed by atoms with van der Waals surface area (Å²) in [5.74, 6) is -0.301. The molecule has 6 nitrogen and oxygen atoms in total. The zero-order chi connectivity index (χ0) is 18.8. The highest BCUT2D eigenvalue weighted by molar-refractivity contribution is 6.36. The Morgan fingerprint density at radius 1 is 1.27 bits per heavy atom. The molecule has 8 heteroatoms. The number of hydrogen-bond donors (Lipinski definition) is 1. The molecule has 1 aliphatic carbocycles. The standard InChI is InChI=1S/C18H16Cl2N4O2/c1-10-13(9-21)17(25)24(12-4-2-3-5-12)18(26)16(10)23-22-15-7-6-11(19)8-14(15)20/h6-8,12,25H,2-5H2,1H3. The van der Waals surface area contributed by atoms with Crippen LogP contribution in [0.5, 0.6) is 5.88 Å². The molecule has 1 aromatic heterocycles. The minimum atomic E-state index is -0.459. The third kappa shape index (κ3) is 3.33. The summed E-state index contributed by atoms with van der Waals surface area (Å²) in [6, 6.07) is 6.55. The Bertz CT molecular complexity index is 986. The summed E-state index contributed by atoms with van der Waals surface area (Å²) in [4.78, 5) is 12.9. The molecule has 1 fully saturated rings. The molecule has 1 N–H and O–H groups in total. The Hall–Kier alpha value is -2.36. The van der Waals surface area contributed by atoms with E-state index < -0.39 is 5.56 Å². The van der Waals surface area contributed by atoms with Gasteiger partial charge in [-0.05, 0) is 38.0 Å². The molecule has 0 atom stereocenters. The van der Waals surface area contributed by atoms with Gasteiger partial charge >= 0.3 is 0 Å². The van der Waals surface area contributed by atoms with Crippen LogP contribution in [0.3, 0.4) is 0 Å². The molecule has 1 saturated carbocycles. The van der Waals surface area contributed by atoms with Gasteiger partial charge in [-0.3, -0.25) is 9.36 Å². The van der Waals surface area contributed by atoms with Crippen molar-refractivity contribution in [2.24, 2.45) is 10.2 Å². The molecule has 0 radical (unpaired) electrons. The summed E-state index contributed by atoms with van der Waals surface area (Å²) in [5, 5.41) is 28.7. The average molecular weight is 391 g/mol. The zero-order valence-electron chi connectivity index (χ0n) is 14.0. The molecule has 1 aromatic carbocycles. The van der Waals surface area contributed by atoms with Crippen molar-refractivity contribution in [2.75, 3.05) is 0 Å². The van der Waals surface area contributed by atoms with E-state index in [9.17, 15) is 15.2 Å². The van der Waals surface area contributed by atoms with Crippen LogP contribution in [0, 0.1) is 18.3 Å². The summed E-state index contributed by atoms with van der Waals surface area (Å²) >= 11 is 11.9. The van der Waals surface area contributed by atoms with Crippen molar-refractivity contribution in [1.82, 2.24) is 4.57 Å². The highest BCUT2D eigenvalue weighted by Crippen LogP contribution is 2.36. The molecule has 1 aliphatic rings. The number of pyridine rings is 1.